The van der Waals surface area contributed by atoms with Crippen LogP contribution in [0.2, 0.25) is 47.7 Å². The van der Waals surface area contributed by atoms with Crippen molar-refractivity contribution in [2.24, 2.45) is 0 Å². The van der Waals surface area contributed by atoms with Gasteiger partial charge < -0.3 is 0 Å². The van der Waals surface area contributed by atoms with Crippen molar-refractivity contribution in [3.8, 4) is 5.75 Å². The molecule has 0 saturated carbocycles. The van der Waals surface area contributed by atoms with Crippen molar-refractivity contribution in [2.45, 2.75) is 47.7 Å². The zero-order chi connectivity index (χ0) is 12.6. The van der Waals surface area contributed by atoms with Crippen molar-refractivity contribution in [3.05, 3.63) is 29.8 Å². The van der Waals surface area contributed by atoms with Crippen molar-refractivity contribution >= 4 is 5.78 Å². The Kier molecular flexibility index (Phi) is 0.247. The Morgan fingerprint density at radius 1 is 0.900 bits per heavy atom. The first-order valence-corrected chi connectivity index (χ1v) is 14.3. The van der Waals surface area contributed by atoms with E-state index in [0.29, 0.717) is 10.1 Å². The second-order valence-electron chi connectivity index (χ2n) is 11.6. The summed E-state index contributed by atoms with van der Waals surface area (Å²) in [5.41, 5.74) is 0.927. The number of aromatic hydroxyl groups is 1. The van der Waals surface area contributed by atoms with Gasteiger partial charge in [0.05, 0.1) is 0 Å². The maximum absolute atomic E-state index is 13.5. The van der Waals surface area contributed by atoms with Gasteiger partial charge in [0.25, 0.3) is 0 Å². The van der Waals surface area contributed by atoms with E-state index in [0.717, 1.165) is 15.2 Å². The van der Waals surface area contributed by atoms with E-state index < -0.39 is 6.51 Å². The van der Waals surface area contributed by atoms with Crippen molar-refractivity contribution in [2.75, 3.05) is 0 Å². The second-order valence-corrected chi connectivity index (χ2v) is 35.1. The fourth-order valence-corrected chi connectivity index (χ4v) is 91.4. The van der Waals surface area contributed by atoms with Gasteiger partial charge in [0.2, 0.25) is 0 Å². The molecule has 102 valence electrons. The summed E-state index contributed by atoms with van der Waals surface area (Å²) < 4.78 is 0.329. The third kappa shape index (κ3) is 0.0839. The van der Waals surface area contributed by atoms with E-state index in [-0.39, 0.29) is 5.75 Å². The predicted molar refractivity (Wildman–Crippen MR) is 68.9 cm³/mol. The molecule has 4 atom stereocenters. The van der Waals surface area contributed by atoms with Crippen molar-refractivity contribution in [1.82, 2.24) is 0 Å². The number of hydrogen-bond donors (Lipinski definition) is 1. The molecule has 10 saturated heterocycles. The molecule has 2 nitrogen and oxygen atoms in total. The normalized spacial score (nSPS) is 103. The number of benzene rings is 1. The molecule has 0 aliphatic carbocycles. The molecular formula is C17H14FeO2. The summed E-state index contributed by atoms with van der Waals surface area (Å²) in [5.74, 6) is 0.857. The first kappa shape index (κ1) is 7.47. The Hall–Kier alpha value is -0.791. The Morgan fingerprint density at radius 2 is 1.40 bits per heavy atom. The summed E-state index contributed by atoms with van der Waals surface area (Å²) in [6, 6.07) is 7.20. The molecule has 20 heavy (non-hydrogen) atoms. The monoisotopic (exact) mass is 306 g/mol. The summed E-state index contributed by atoms with van der Waals surface area (Å²) >= 11 is 0. The van der Waals surface area contributed by atoms with Crippen LogP contribution in [-0.2, 0) is 6.51 Å². The van der Waals surface area contributed by atoms with Crippen LogP contribution in [0, 0.1) is 0 Å². The molecule has 10 heterocycles. The first-order valence-electron chi connectivity index (χ1n) is 8.01. The van der Waals surface area contributed by atoms with Crippen LogP contribution in [0.1, 0.15) is 10.4 Å². The van der Waals surface area contributed by atoms with Crippen LogP contribution in [0.3, 0.4) is 0 Å². The minimum atomic E-state index is -3.27. The van der Waals surface area contributed by atoms with Gasteiger partial charge in [-0.15, -0.1) is 0 Å². The first-order chi connectivity index (χ1) is 9.46. The third-order valence-corrected chi connectivity index (χ3v) is 58.5. The van der Waals surface area contributed by atoms with E-state index in [4.69, 9.17) is 0 Å². The molecule has 1 aromatic carbocycles. The molecule has 0 bridgehead atoms. The van der Waals surface area contributed by atoms with Gasteiger partial charge in [-0.1, -0.05) is 0 Å². The molecule has 11 rings (SSSR count). The van der Waals surface area contributed by atoms with Gasteiger partial charge >= 0.3 is 105 Å². The van der Waals surface area contributed by atoms with Crippen LogP contribution in [0.15, 0.2) is 24.3 Å². The second kappa shape index (κ2) is 0.663. The molecule has 10 aliphatic rings. The molecule has 0 amide bonds. The van der Waals surface area contributed by atoms with Crippen molar-refractivity contribution < 1.29 is 16.4 Å². The number of phenolic OH excluding ortho intramolecular Hbond substituents is 1. The van der Waals surface area contributed by atoms with E-state index in [2.05, 4.69) is 0 Å². The van der Waals surface area contributed by atoms with Crippen LogP contribution >= 0.6 is 0 Å². The summed E-state index contributed by atoms with van der Waals surface area (Å²) in [6.07, 6.45) is 0. The van der Waals surface area contributed by atoms with Crippen LogP contribution in [-0.4, -0.2) is 10.9 Å². The standard InChI is InChI=1S/C12H9O2.C5H5.Fe/c13-11-7-5-10(6-8-11)12(14)9-3-1-2-4-9;1-2-4-5-3-1;/h1-8,13H;1-5H;. The van der Waals surface area contributed by atoms with E-state index in [9.17, 15) is 9.90 Å². The zero-order valence-electron chi connectivity index (χ0n) is 10.7. The van der Waals surface area contributed by atoms with E-state index in [1.165, 1.54) is 33.7 Å². The molecule has 3 heteroatoms. The zero-order valence-corrected chi connectivity index (χ0v) is 11.8. The summed E-state index contributed by atoms with van der Waals surface area (Å²) in [5, 5.41) is 9.48. The number of phenols is 1. The fraction of sp³-hybridized carbons (Fsp3) is 0.588. The van der Waals surface area contributed by atoms with Crippen LogP contribution in [0.5, 0.6) is 5.75 Å². The van der Waals surface area contributed by atoms with Gasteiger partial charge in [-0.05, 0) is 0 Å². The van der Waals surface area contributed by atoms with Gasteiger partial charge in [0, 0.05) is 0 Å². The van der Waals surface area contributed by atoms with Crippen molar-refractivity contribution in [3.63, 3.8) is 0 Å². The SMILES string of the molecule is O=C(c1ccc(O)cc1)[C]12[CH]3[CH]4[CH]5[CH]1[Fe]45321678[CH]2[CH]1[CH]6[CH]7[CH]28. The van der Waals surface area contributed by atoms with Gasteiger partial charge in [0.15, 0.2) is 0 Å². The molecule has 1 aromatic rings. The molecule has 1 spiro atoms. The number of rotatable bonds is 2. The maximum atomic E-state index is 13.5. The summed E-state index contributed by atoms with van der Waals surface area (Å²) in [6.45, 7) is -3.27. The van der Waals surface area contributed by atoms with Crippen molar-refractivity contribution in [1.29, 1.82) is 0 Å². The molecule has 4 unspecified atom stereocenters. The number of hydrogen-bond acceptors (Lipinski definition) is 2. The average Bonchev–Trinajstić information content (AvgIpc) is 3.39. The Morgan fingerprint density at radius 3 is 1.75 bits per heavy atom. The van der Waals surface area contributed by atoms with Gasteiger partial charge in [-0.25, -0.2) is 0 Å². The number of carbonyl (C=O) groups is 1. The number of Topliss-reactive ketones (excluding diaryl/α,β-unsaturated/α-hetero) is 1. The van der Waals surface area contributed by atoms with Crippen LogP contribution < -0.4 is 0 Å². The number of carbonyl (C=O) groups excluding carboxylic acids is 1. The van der Waals surface area contributed by atoms with Crippen LogP contribution in [0.25, 0.3) is 0 Å². The molecule has 0 radical (unpaired) electrons. The minimum absolute atomic E-state index is 0.284. The number of fused-ring (bicyclic) bond motifs is 10. The van der Waals surface area contributed by atoms with Gasteiger partial charge in [-0.3, -0.25) is 0 Å². The van der Waals surface area contributed by atoms with E-state index in [1.54, 1.807) is 12.1 Å². The van der Waals surface area contributed by atoms with Gasteiger partial charge in [-0.2, -0.15) is 0 Å². The topological polar surface area (TPSA) is 37.3 Å². The molecule has 0 aromatic heterocycles. The molecule has 1 N–H and O–H groups in total. The Labute approximate surface area is 105 Å². The van der Waals surface area contributed by atoms with Crippen LogP contribution in [0.4, 0.5) is 0 Å². The Bertz CT molecular complexity index is 1160. The molecule has 10 fully saturated rings. The summed E-state index contributed by atoms with van der Waals surface area (Å²) in [7, 11) is 0. The average molecular weight is 306 g/mol. The molecular weight excluding hydrogens is 292 g/mol. The summed E-state index contributed by atoms with van der Waals surface area (Å²) in [4.78, 5) is 24.0. The number of ketones is 1. The van der Waals surface area contributed by atoms with E-state index >= 15 is 0 Å². The predicted octanol–water partition coefficient (Wildman–Crippen LogP) is 4.33. The van der Waals surface area contributed by atoms with Gasteiger partial charge in [0.1, 0.15) is 0 Å². The van der Waals surface area contributed by atoms with E-state index in [1.807, 2.05) is 12.1 Å². The fourth-order valence-electron chi connectivity index (χ4n) is 17.6. The Balaban J connectivity index is 1.38. The molecule has 10 aliphatic heterocycles. The third-order valence-electron chi connectivity index (χ3n) is 16.2. The quantitative estimate of drug-likeness (QED) is 0.652.